The number of hydrogen-bond acceptors (Lipinski definition) is 5. The number of benzene rings is 2. The van der Waals surface area contributed by atoms with Crippen LogP contribution in [-0.2, 0) is 11.2 Å². The van der Waals surface area contributed by atoms with Crippen molar-refractivity contribution in [1.29, 1.82) is 0 Å². The van der Waals surface area contributed by atoms with E-state index >= 15 is 0 Å². The first-order valence-electron chi connectivity index (χ1n) is 7.09. The number of carbonyl (C=O) groups excluding carboxylic acids is 2. The lowest BCUT2D eigenvalue weighted by molar-refractivity contribution is 0.0600. The Balaban J connectivity index is 1.99. The quantitative estimate of drug-likeness (QED) is 0.643. The van der Waals surface area contributed by atoms with Crippen LogP contribution in [0, 0.1) is 0 Å². The third kappa shape index (κ3) is 2.61. The normalized spacial score (nSPS) is 12.3. The fourth-order valence-electron chi connectivity index (χ4n) is 2.69. The Morgan fingerprint density at radius 3 is 2.74 bits per heavy atom. The molecule has 0 aliphatic carbocycles. The molecule has 2 aromatic carbocycles. The molecule has 116 valence electrons. The Kier molecular flexibility index (Phi) is 3.93. The first kappa shape index (κ1) is 15.0. The molecule has 2 aromatic rings. The van der Waals surface area contributed by atoms with E-state index < -0.39 is 5.97 Å². The van der Waals surface area contributed by atoms with Crippen LogP contribution in [0.3, 0.4) is 0 Å². The van der Waals surface area contributed by atoms with Gasteiger partial charge in [0, 0.05) is 6.42 Å². The Labute approximate surface area is 133 Å². The predicted octanol–water partition coefficient (Wildman–Crippen LogP) is 2.97. The minimum Gasteiger partial charge on any atom is -0.496 e. The number of carbonyl (C=O) groups is 2. The highest BCUT2D eigenvalue weighted by Gasteiger charge is 2.22. The Hall–Kier alpha value is -2.95. The van der Waals surface area contributed by atoms with E-state index in [1.54, 1.807) is 24.3 Å². The van der Waals surface area contributed by atoms with Gasteiger partial charge in [0.2, 0.25) is 0 Å². The van der Waals surface area contributed by atoms with Gasteiger partial charge in [-0.15, -0.1) is 0 Å². The molecule has 0 spiro atoms. The minimum absolute atomic E-state index is 0.391. The molecule has 0 fully saturated rings. The number of aldehydes is 1. The number of hydrogen-bond donors (Lipinski definition) is 0. The van der Waals surface area contributed by atoms with Gasteiger partial charge in [-0.25, -0.2) is 4.79 Å². The maximum Gasteiger partial charge on any atom is 0.337 e. The maximum atomic E-state index is 11.7. The first-order valence-corrected chi connectivity index (χ1v) is 7.09. The van der Waals surface area contributed by atoms with Gasteiger partial charge in [0.05, 0.1) is 36.7 Å². The van der Waals surface area contributed by atoms with Crippen molar-refractivity contribution in [3.63, 3.8) is 0 Å². The Morgan fingerprint density at radius 1 is 1.22 bits per heavy atom. The van der Waals surface area contributed by atoms with Crippen LogP contribution in [-0.4, -0.2) is 32.2 Å². The molecule has 0 bridgehead atoms. The molecule has 0 aromatic heterocycles. The standard InChI is InChI=1S/C18H15NO4/c1-22-17-7-6-15-13(14(17)10-20)9-16(19-15)11-4-3-5-12(8-11)18(21)23-2/h3-8,10H,9H2,1-2H3. The summed E-state index contributed by atoms with van der Waals surface area (Å²) in [5.74, 6) is 0.150. The van der Waals surface area contributed by atoms with E-state index in [9.17, 15) is 9.59 Å². The van der Waals surface area contributed by atoms with Gasteiger partial charge in [0.15, 0.2) is 6.29 Å². The second-order valence-corrected chi connectivity index (χ2v) is 5.10. The molecule has 0 amide bonds. The van der Waals surface area contributed by atoms with Crippen molar-refractivity contribution in [3.05, 3.63) is 58.7 Å². The molecule has 0 N–H and O–H groups in total. The van der Waals surface area contributed by atoms with Crippen LogP contribution in [0.2, 0.25) is 0 Å². The van der Waals surface area contributed by atoms with E-state index in [0.717, 1.165) is 28.8 Å². The third-order valence-corrected chi connectivity index (χ3v) is 3.85. The molecule has 0 saturated heterocycles. The largest absolute Gasteiger partial charge is 0.496 e. The summed E-state index contributed by atoms with van der Waals surface area (Å²) in [6, 6.07) is 10.7. The number of rotatable bonds is 4. The van der Waals surface area contributed by atoms with Gasteiger partial charge in [0.1, 0.15) is 5.75 Å². The van der Waals surface area contributed by atoms with Crippen LogP contribution in [0.1, 0.15) is 31.8 Å². The summed E-state index contributed by atoms with van der Waals surface area (Å²) >= 11 is 0. The predicted molar refractivity (Wildman–Crippen MR) is 86.1 cm³/mol. The maximum absolute atomic E-state index is 11.7. The molecule has 0 unspecified atom stereocenters. The molecular weight excluding hydrogens is 294 g/mol. The van der Waals surface area contributed by atoms with E-state index in [4.69, 9.17) is 9.47 Å². The van der Waals surface area contributed by atoms with E-state index in [-0.39, 0.29) is 0 Å². The van der Waals surface area contributed by atoms with Crippen molar-refractivity contribution < 1.29 is 19.1 Å². The zero-order chi connectivity index (χ0) is 16.4. The summed E-state index contributed by atoms with van der Waals surface area (Å²) in [6.07, 6.45) is 1.31. The highest BCUT2D eigenvalue weighted by molar-refractivity contribution is 6.09. The second kappa shape index (κ2) is 6.04. The van der Waals surface area contributed by atoms with Gasteiger partial charge in [0.25, 0.3) is 0 Å². The molecule has 1 aliphatic heterocycles. The zero-order valence-corrected chi connectivity index (χ0v) is 12.8. The molecule has 3 rings (SSSR count). The summed E-state index contributed by atoms with van der Waals surface area (Å²) in [7, 11) is 2.88. The number of methoxy groups -OCH3 is 2. The van der Waals surface area contributed by atoms with Crippen LogP contribution < -0.4 is 4.74 Å². The molecule has 5 nitrogen and oxygen atoms in total. The molecule has 5 heteroatoms. The number of fused-ring (bicyclic) bond motifs is 1. The average Bonchev–Trinajstić information content (AvgIpc) is 3.04. The van der Waals surface area contributed by atoms with Crippen LogP contribution in [0.5, 0.6) is 5.75 Å². The first-order chi connectivity index (χ1) is 11.2. The summed E-state index contributed by atoms with van der Waals surface area (Å²) in [5.41, 5.74) is 4.23. The lowest BCUT2D eigenvalue weighted by Gasteiger charge is -2.07. The summed E-state index contributed by atoms with van der Waals surface area (Å²) < 4.78 is 9.97. The van der Waals surface area contributed by atoms with Gasteiger partial charge in [-0.3, -0.25) is 9.79 Å². The molecular formula is C18H15NO4. The second-order valence-electron chi connectivity index (χ2n) is 5.10. The molecule has 0 radical (unpaired) electrons. The van der Waals surface area contributed by atoms with Crippen molar-refractivity contribution in [2.75, 3.05) is 14.2 Å². The van der Waals surface area contributed by atoms with E-state index in [1.165, 1.54) is 14.2 Å². The highest BCUT2D eigenvalue weighted by Crippen LogP contribution is 2.35. The van der Waals surface area contributed by atoms with Crippen molar-refractivity contribution in [2.45, 2.75) is 6.42 Å². The number of aliphatic imine (C=N–C) groups is 1. The monoisotopic (exact) mass is 309 g/mol. The van der Waals surface area contributed by atoms with Gasteiger partial charge in [-0.05, 0) is 35.4 Å². The van der Waals surface area contributed by atoms with Gasteiger partial charge in [-0.2, -0.15) is 0 Å². The van der Waals surface area contributed by atoms with Crippen molar-refractivity contribution >= 4 is 23.7 Å². The highest BCUT2D eigenvalue weighted by atomic mass is 16.5. The number of ether oxygens (including phenoxy) is 2. The van der Waals surface area contributed by atoms with Crippen LogP contribution in [0.25, 0.3) is 0 Å². The van der Waals surface area contributed by atoms with E-state index in [0.29, 0.717) is 23.3 Å². The minimum atomic E-state index is -0.391. The fraction of sp³-hybridized carbons (Fsp3) is 0.167. The molecule has 0 atom stereocenters. The molecule has 1 aliphatic rings. The summed E-state index contributed by atoms with van der Waals surface area (Å²) in [5, 5.41) is 0. The van der Waals surface area contributed by atoms with Crippen LogP contribution >= 0.6 is 0 Å². The van der Waals surface area contributed by atoms with Gasteiger partial charge in [-0.1, -0.05) is 12.1 Å². The van der Waals surface area contributed by atoms with Crippen LogP contribution in [0.15, 0.2) is 41.4 Å². The Morgan fingerprint density at radius 2 is 2.04 bits per heavy atom. The van der Waals surface area contributed by atoms with Crippen molar-refractivity contribution in [3.8, 4) is 5.75 Å². The van der Waals surface area contributed by atoms with Crippen molar-refractivity contribution in [2.24, 2.45) is 4.99 Å². The van der Waals surface area contributed by atoms with Gasteiger partial charge < -0.3 is 9.47 Å². The SMILES string of the molecule is COC(=O)c1cccc(C2=Nc3ccc(OC)c(C=O)c3C2)c1. The van der Waals surface area contributed by atoms with Crippen LogP contribution in [0.4, 0.5) is 5.69 Å². The van der Waals surface area contributed by atoms with E-state index in [1.807, 2.05) is 12.1 Å². The lowest BCUT2D eigenvalue weighted by Crippen LogP contribution is -2.06. The molecule has 0 saturated carbocycles. The van der Waals surface area contributed by atoms with Crippen molar-refractivity contribution in [1.82, 2.24) is 0 Å². The fourth-order valence-corrected chi connectivity index (χ4v) is 2.69. The third-order valence-electron chi connectivity index (χ3n) is 3.85. The lowest BCUT2D eigenvalue weighted by atomic mass is 9.99. The zero-order valence-electron chi connectivity index (χ0n) is 12.8. The van der Waals surface area contributed by atoms with E-state index in [2.05, 4.69) is 4.99 Å². The average molecular weight is 309 g/mol. The molecule has 1 heterocycles. The molecule has 23 heavy (non-hydrogen) atoms. The Bertz CT molecular complexity index is 824. The van der Waals surface area contributed by atoms with Gasteiger partial charge >= 0.3 is 5.97 Å². The topological polar surface area (TPSA) is 65.0 Å². The number of nitrogens with zero attached hydrogens (tertiary/aromatic N) is 1. The summed E-state index contributed by atoms with van der Waals surface area (Å²) in [4.78, 5) is 27.6. The number of esters is 1. The summed E-state index contributed by atoms with van der Waals surface area (Å²) in [6.45, 7) is 0. The smallest absolute Gasteiger partial charge is 0.337 e.